The van der Waals surface area contributed by atoms with Crippen LogP contribution in [-0.4, -0.2) is 47.4 Å². The number of amides is 4. The fourth-order valence-corrected chi connectivity index (χ4v) is 2.50. The van der Waals surface area contributed by atoms with Gasteiger partial charge in [-0.25, -0.2) is 4.79 Å². The molecule has 4 amide bonds. The highest BCUT2D eigenvalue weighted by Gasteiger charge is 2.28. The zero-order chi connectivity index (χ0) is 20.0. The van der Waals surface area contributed by atoms with E-state index < -0.39 is 11.7 Å². The number of imide groups is 1. The van der Waals surface area contributed by atoms with Crippen molar-refractivity contribution >= 4 is 23.8 Å². The zero-order valence-corrected chi connectivity index (χ0v) is 15.8. The molecule has 2 N–H and O–H groups in total. The minimum absolute atomic E-state index is 0.167. The van der Waals surface area contributed by atoms with Gasteiger partial charge >= 0.3 is 6.09 Å². The number of likely N-dealkylation sites (tertiary alicyclic amines) is 1. The van der Waals surface area contributed by atoms with Gasteiger partial charge in [0, 0.05) is 31.5 Å². The van der Waals surface area contributed by atoms with Crippen LogP contribution in [-0.2, 0) is 20.9 Å². The third-order valence-corrected chi connectivity index (χ3v) is 3.79. The van der Waals surface area contributed by atoms with Crippen molar-refractivity contribution in [1.82, 2.24) is 15.5 Å². The van der Waals surface area contributed by atoms with Gasteiger partial charge in [0.1, 0.15) is 5.60 Å². The van der Waals surface area contributed by atoms with Crippen LogP contribution in [0.4, 0.5) is 4.79 Å². The summed E-state index contributed by atoms with van der Waals surface area (Å²) in [6, 6.07) is 6.70. The van der Waals surface area contributed by atoms with Crippen LogP contribution in [0, 0.1) is 0 Å². The molecule has 146 valence electrons. The number of carbonyl (C=O) groups excluding carboxylic acids is 4. The van der Waals surface area contributed by atoms with E-state index >= 15 is 0 Å². The lowest BCUT2D eigenvalue weighted by molar-refractivity contribution is -0.139. The summed E-state index contributed by atoms with van der Waals surface area (Å²) in [6.07, 6.45) is -0.0139. The molecule has 8 heteroatoms. The van der Waals surface area contributed by atoms with Gasteiger partial charge in [0.15, 0.2) is 0 Å². The predicted molar refractivity (Wildman–Crippen MR) is 97.8 cm³/mol. The summed E-state index contributed by atoms with van der Waals surface area (Å²) in [7, 11) is 0. The van der Waals surface area contributed by atoms with E-state index in [1.165, 1.54) is 4.90 Å². The van der Waals surface area contributed by atoms with E-state index in [4.69, 9.17) is 4.74 Å². The summed E-state index contributed by atoms with van der Waals surface area (Å²) >= 11 is 0. The van der Waals surface area contributed by atoms with Crippen LogP contribution in [0.1, 0.15) is 49.5 Å². The second kappa shape index (κ2) is 8.66. The molecule has 0 aliphatic carbocycles. The van der Waals surface area contributed by atoms with Crippen molar-refractivity contribution < 1.29 is 23.9 Å². The first-order valence-corrected chi connectivity index (χ1v) is 8.83. The number of rotatable bonds is 6. The summed E-state index contributed by atoms with van der Waals surface area (Å²) < 4.78 is 5.10. The molecule has 0 unspecified atom stereocenters. The molecule has 8 nitrogen and oxygen atoms in total. The molecule has 0 atom stereocenters. The Morgan fingerprint density at radius 2 is 1.56 bits per heavy atom. The Balaban J connectivity index is 1.76. The van der Waals surface area contributed by atoms with Gasteiger partial charge in [-0.3, -0.25) is 19.3 Å². The number of nitrogens with zero attached hydrogens (tertiary/aromatic N) is 1. The summed E-state index contributed by atoms with van der Waals surface area (Å²) in [5.41, 5.74) is 0.663. The van der Waals surface area contributed by atoms with Crippen LogP contribution in [0.15, 0.2) is 24.3 Å². The molecule has 1 heterocycles. The lowest BCUT2D eigenvalue weighted by Crippen LogP contribution is -2.37. The number of benzene rings is 1. The minimum atomic E-state index is -0.570. The topological polar surface area (TPSA) is 105 Å². The van der Waals surface area contributed by atoms with E-state index in [-0.39, 0.29) is 50.2 Å². The second-order valence-corrected chi connectivity index (χ2v) is 7.26. The summed E-state index contributed by atoms with van der Waals surface area (Å²) in [5, 5.41) is 5.25. The molecule has 0 saturated carbocycles. The van der Waals surface area contributed by atoms with Gasteiger partial charge in [-0.05, 0) is 38.5 Å². The fourth-order valence-electron chi connectivity index (χ4n) is 2.50. The van der Waals surface area contributed by atoms with Crippen molar-refractivity contribution in [3.63, 3.8) is 0 Å². The van der Waals surface area contributed by atoms with E-state index in [1.807, 2.05) is 0 Å². The van der Waals surface area contributed by atoms with Gasteiger partial charge in [0.25, 0.3) is 5.91 Å². The molecule has 1 aliphatic rings. The van der Waals surface area contributed by atoms with Gasteiger partial charge in [-0.1, -0.05) is 12.1 Å². The quantitative estimate of drug-likeness (QED) is 0.580. The molecule has 1 fully saturated rings. The van der Waals surface area contributed by atoms with Crippen molar-refractivity contribution in [2.75, 3.05) is 13.1 Å². The van der Waals surface area contributed by atoms with Crippen LogP contribution in [0.2, 0.25) is 0 Å². The van der Waals surface area contributed by atoms with E-state index in [0.717, 1.165) is 5.56 Å². The number of hydrogen-bond acceptors (Lipinski definition) is 5. The van der Waals surface area contributed by atoms with Gasteiger partial charge in [0.2, 0.25) is 11.8 Å². The lowest BCUT2D eigenvalue weighted by Gasteiger charge is -2.19. The largest absolute Gasteiger partial charge is 0.444 e. The average molecular weight is 375 g/mol. The lowest BCUT2D eigenvalue weighted by atomic mass is 10.1. The van der Waals surface area contributed by atoms with Crippen molar-refractivity contribution in [3.8, 4) is 0 Å². The van der Waals surface area contributed by atoms with Crippen molar-refractivity contribution in [2.24, 2.45) is 0 Å². The molecule has 1 aromatic rings. The van der Waals surface area contributed by atoms with Crippen LogP contribution in [0.5, 0.6) is 0 Å². The Hall–Kier alpha value is -2.90. The summed E-state index contributed by atoms with van der Waals surface area (Å²) in [5.74, 6) is -0.612. The molecule has 1 aromatic carbocycles. The maximum absolute atomic E-state index is 12.1. The molecule has 0 bridgehead atoms. The first-order valence-electron chi connectivity index (χ1n) is 8.83. The van der Waals surface area contributed by atoms with Crippen LogP contribution < -0.4 is 10.6 Å². The first kappa shape index (κ1) is 20.4. The number of carbonyl (C=O) groups is 4. The first-order chi connectivity index (χ1) is 12.7. The van der Waals surface area contributed by atoms with Crippen LogP contribution in [0.25, 0.3) is 0 Å². The fraction of sp³-hybridized carbons (Fsp3) is 0.474. The number of hydrogen-bond donors (Lipinski definition) is 2. The minimum Gasteiger partial charge on any atom is -0.444 e. The van der Waals surface area contributed by atoms with Gasteiger partial charge < -0.3 is 15.4 Å². The molecular weight excluding hydrogens is 350 g/mol. The van der Waals surface area contributed by atoms with E-state index in [0.29, 0.717) is 5.56 Å². The van der Waals surface area contributed by atoms with Gasteiger partial charge in [0.05, 0.1) is 6.54 Å². The highest BCUT2D eigenvalue weighted by atomic mass is 16.6. The van der Waals surface area contributed by atoms with E-state index in [2.05, 4.69) is 10.6 Å². The molecule has 2 rings (SSSR count). The van der Waals surface area contributed by atoms with Gasteiger partial charge in [-0.2, -0.15) is 0 Å². The normalized spacial score (nSPS) is 14.3. The monoisotopic (exact) mass is 375 g/mol. The maximum Gasteiger partial charge on any atom is 0.407 e. The Kier molecular flexibility index (Phi) is 6.55. The standard InChI is InChI=1S/C19H25N3O5/c1-19(2,3)27-18(26)21-11-10-20-17(25)14-6-4-13(5-7-14)12-22-15(23)8-9-16(22)24/h4-7H,8-12H2,1-3H3,(H,20,25)(H,21,26). The van der Waals surface area contributed by atoms with Crippen molar-refractivity contribution in [1.29, 1.82) is 0 Å². The van der Waals surface area contributed by atoms with Gasteiger partial charge in [-0.15, -0.1) is 0 Å². The Labute approximate surface area is 158 Å². The highest BCUT2D eigenvalue weighted by molar-refractivity contribution is 6.01. The Morgan fingerprint density at radius 3 is 2.11 bits per heavy atom. The smallest absolute Gasteiger partial charge is 0.407 e. The molecule has 0 radical (unpaired) electrons. The highest BCUT2D eigenvalue weighted by Crippen LogP contribution is 2.16. The molecule has 0 spiro atoms. The Bertz CT molecular complexity index is 706. The molecule has 27 heavy (non-hydrogen) atoms. The van der Waals surface area contributed by atoms with Crippen LogP contribution >= 0.6 is 0 Å². The van der Waals surface area contributed by atoms with E-state index in [9.17, 15) is 19.2 Å². The molecule has 1 saturated heterocycles. The third kappa shape index (κ3) is 6.40. The number of nitrogens with one attached hydrogen (secondary N) is 2. The average Bonchev–Trinajstić information content (AvgIpc) is 2.89. The number of alkyl carbamates (subject to hydrolysis) is 1. The Morgan fingerprint density at radius 1 is 1.00 bits per heavy atom. The predicted octanol–water partition coefficient (Wildman–Crippen LogP) is 1.59. The second-order valence-electron chi connectivity index (χ2n) is 7.26. The van der Waals surface area contributed by atoms with Crippen molar-refractivity contribution in [2.45, 2.75) is 45.8 Å². The van der Waals surface area contributed by atoms with Crippen LogP contribution in [0.3, 0.4) is 0 Å². The summed E-state index contributed by atoms with van der Waals surface area (Å²) in [4.78, 5) is 48.1. The summed E-state index contributed by atoms with van der Waals surface area (Å²) in [6.45, 7) is 6.04. The molecule has 0 aromatic heterocycles. The third-order valence-electron chi connectivity index (χ3n) is 3.79. The van der Waals surface area contributed by atoms with E-state index in [1.54, 1.807) is 45.0 Å². The maximum atomic E-state index is 12.1. The van der Waals surface area contributed by atoms with Crippen molar-refractivity contribution in [3.05, 3.63) is 35.4 Å². The molecular formula is C19H25N3O5. The zero-order valence-electron chi connectivity index (χ0n) is 15.8. The SMILES string of the molecule is CC(C)(C)OC(=O)NCCNC(=O)c1ccc(CN2C(=O)CCC2=O)cc1. The molecule has 1 aliphatic heterocycles. The number of ether oxygens (including phenoxy) is 1.